The van der Waals surface area contributed by atoms with E-state index >= 15 is 0 Å². The summed E-state index contributed by atoms with van der Waals surface area (Å²) in [6.45, 7) is 4.43. The predicted octanol–water partition coefficient (Wildman–Crippen LogP) is 6.75. The number of ether oxygens (including phenoxy) is 2. The maximum absolute atomic E-state index is 14.4. The van der Waals surface area contributed by atoms with Crippen molar-refractivity contribution in [3.05, 3.63) is 81.8 Å². The maximum atomic E-state index is 14.4. The number of rotatable bonds is 9. The number of anilines is 1. The van der Waals surface area contributed by atoms with Crippen LogP contribution in [0.4, 0.5) is 5.69 Å². The van der Waals surface area contributed by atoms with E-state index in [1.165, 1.54) is 28.6 Å². The van der Waals surface area contributed by atoms with Crippen LogP contribution in [-0.2, 0) is 14.8 Å². The fraction of sp³-hybridized carbons (Fsp3) is 0.333. The van der Waals surface area contributed by atoms with Crippen molar-refractivity contribution in [3.8, 4) is 17.2 Å². The summed E-state index contributed by atoms with van der Waals surface area (Å²) in [4.78, 5) is 0. The Hall–Kier alpha value is -2.91. The normalized spacial score (nSPS) is 20.4. The second-order valence-electron chi connectivity index (χ2n) is 10.5. The van der Waals surface area contributed by atoms with Crippen molar-refractivity contribution in [1.82, 2.24) is 0 Å². The highest BCUT2D eigenvalue weighted by Gasteiger charge is 2.54. The number of aromatic hydroxyl groups is 2. The molecule has 2 bridgehead atoms. The van der Waals surface area contributed by atoms with E-state index in [-0.39, 0.29) is 22.9 Å². The molecule has 0 radical (unpaired) electrons. The lowest BCUT2D eigenvalue weighted by atomic mass is 9.83. The lowest BCUT2D eigenvalue weighted by molar-refractivity contribution is 0.128. The number of nitrogens with zero attached hydrogens (tertiary/aromatic N) is 1. The number of fused-ring (bicyclic) bond motifs is 2. The molecule has 0 spiro atoms. The van der Waals surface area contributed by atoms with E-state index in [0.29, 0.717) is 52.0 Å². The van der Waals surface area contributed by atoms with E-state index in [0.717, 1.165) is 5.57 Å². The van der Waals surface area contributed by atoms with E-state index in [1.54, 1.807) is 43.5 Å². The lowest BCUT2D eigenvalue weighted by Crippen LogP contribution is -2.44. The van der Waals surface area contributed by atoms with Gasteiger partial charge in [0.1, 0.15) is 28.6 Å². The Morgan fingerprint density at radius 3 is 2.05 bits per heavy atom. The zero-order valence-corrected chi connectivity index (χ0v) is 24.7. The summed E-state index contributed by atoms with van der Waals surface area (Å²) in [6.07, 6.45) is -0.480. The number of methoxy groups -OCH3 is 1. The Morgan fingerprint density at radius 1 is 0.950 bits per heavy atom. The molecule has 0 aromatic heterocycles. The topological polar surface area (TPSA) is 96.3 Å². The lowest BCUT2D eigenvalue weighted by Gasteiger charge is -2.32. The molecule has 0 aliphatic carbocycles. The molecule has 2 aliphatic rings. The molecule has 2 aliphatic heterocycles. The summed E-state index contributed by atoms with van der Waals surface area (Å²) in [6, 6.07) is 16.2. The van der Waals surface area contributed by atoms with Gasteiger partial charge in [-0.1, -0.05) is 37.0 Å². The monoisotopic (exact) mass is 603 g/mol. The summed E-state index contributed by atoms with van der Waals surface area (Å²) in [7, 11) is -2.35. The first kappa shape index (κ1) is 28.6. The van der Waals surface area contributed by atoms with Crippen LogP contribution in [-0.4, -0.2) is 49.7 Å². The van der Waals surface area contributed by atoms with Crippen LogP contribution < -0.4 is 9.04 Å². The molecule has 212 valence electrons. The van der Waals surface area contributed by atoms with Gasteiger partial charge >= 0.3 is 0 Å². The Bertz CT molecular complexity index is 1550. The van der Waals surface area contributed by atoms with Crippen molar-refractivity contribution in [2.24, 2.45) is 5.92 Å². The summed E-state index contributed by atoms with van der Waals surface area (Å²) in [5.74, 6) is 0.937. The van der Waals surface area contributed by atoms with Crippen LogP contribution in [0.15, 0.2) is 60.7 Å². The molecule has 0 amide bonds. The summed E-state index contributed by atoms with van der Waals surface area (Å²) < 4.78 is 42.0. The second kappa shape index (κ2) is 11.2. The first-order valence-corrected chi connectivity index (χ1v) is 15.3. The standard InChI is InChI=1S/C30H31Cl2NO6S/c1-17(2)12-13-33(18-4-8-21(38-3)9-5-18)40(36,37)27-16-26-28(22-10-6-19(34)14-24(22)31)29(30(27)39-26)23-11-7-20(35)15-25(23)32/h4-11,14-15,17,26-27,30,34-35H,12-13,16H2,1-3H3. The van der Waals surface area contributed by atoms with Gasteiger partial charge in [-0.2, -0.15) is 0 Å². The molecule has 3 aromatic carbocycles. The van der Waals surface area contributed by atoms with Gasteiger partial charge < -0.3 is 19.7 Å². The van der Waals surface area contributed by atoms with Crippen LogP contribution in [0, 0.1) is 5.92 Å². The van der Waals surface area contributed by atoms with Crippen molar-refractivity contribution in [3.63, 3.8) is 0 Å². The third-order valence-corrected chi connectivity index (χ3v) is 10.3. The predicted molar refractivity (Wildman–Crippen MR) is 159 cm³/mol. The molecule has 3 unspecified atom stereocenters. The van der Waals surface area contributed by atoms with Gasteiger partial charge in [-0.05, 0) is 102 Å². The fourth-order valence-corrected chi connectivity index (χ4v) is 8.04. The van der Waals surface area contributed by atoms with Crippen molar-refractivity contribution < 1.29 is 28.1 Å². The quantitative estimate of drug-likeness (QED) is 0.281. The van der Waals surface area contributed by atoms with Crippen LogP contribution in [0.1, 0.15) is 37.8 Å². The van der Waals surface area contributed by atoms with Crippen molar-refractivity contribution in [2.45, 2.75) is 44.1 Å². The number of sulfonamides is 1. The molecule has 1 saturated heterocycles. The number of halogens is 2. The Morgan fingerprint density at radius 2 is 1.52 bits per heavy atom. The minimum atomic E-state index is -3.92. The van der Waals surface area contributed by atoms with Crippen LogP contribution in [0.25, 0.3) is 11.1 Å². The first-order chi connectivity index (χ1) is 19.0. The van der Waals surface area contributed by atoms with Crippen LogP contribution in [0.3, 0.4) is 0 Å². The Balaban J connectivity index is 1.62. The molecule has 7 nitrogen and oxygen atoms in total. The number of benzene rings is 3. The van der Waals surface area contributed by atoms with Crippen molar-refractivity contribution in [2.75, 3.05) is 18.0 Å². The van der Waals surface area contributed by atoms with Crippen LogP contribution in [0.5, 0.6) is 17.2 Å². The van der Waals surface area contributed by atoms with Gasteiger partial charge in [0.2, 0.25) is 10.0 Å². The third-order valence-electron chi connectivity index (χ3n) is 7.44. The SMILES string of the molecule is COc1ccc(N(CCC(C)C)S(=O)(=O)C2CC3OC2C(c2ccc(O)cc2Cl)=C3c2ccc(O)cc2Cl)cc1. The maximum Gasteiger partial charge on any atom is 0.241 e. The van der Waals surface area contributed by atoms with Gasteiger partial charge in [0.05, 0.1) is 28.9 Å². The molecule has 2 heterocycles. The molecule has 10 heteroatoms. The average molecular weight is 605 g/mol. The number of hydrogen-bond acceptors (Lipinski definition) is 6. The van der Waals surface area contributed by atoms with Crippen LogP contribution in [0.2, 0.25) is 10.0 Å². The van der Waals surface area contributed by atoms with E-state index in [1.807, 2.05) is 0 Å². The smallest absolute Gasteiger partial charge is 0.241 e. The number of hydrogen-bond donors (Lipinski definition) is 2. The average Bonchev–Trinajstić information content (AvgIpc) is 3.49. The molecular weight excluding hydrogens is 573 g/mol. The molecule has 3 aromatic rings. The minimum absolute atomic E-state index is 0.00817. The summed E-state index contributed by atoms with van der Waals surface area (Å²) in [5.41, 5.74) is 3.09. The Labute approximate surface area is 244 Å². The van der Waals surface area contributed by atoms with E-state index < -0.39 is 27.5 Å². The summed E-state index contributed by atoms with van der Waals surface area (Å²) in [5, 5.41) is 19.6. The highest BCUT2D eigenvalue weighted by molar-refractivity contribution is 7.93. The molecule has 3 atom stereocenters. The zero-order chi connectivity index (χ0) is 28.8. The van der Waals surface area contributed by atoms with Crippen molar-refractivity contribution >= 4 is 50.1 Å². The molecular formula is C30H31Cl2NO6S. The summed E-state index contributed by atoms with van der Waals surface area (Å²) >= 11 is 13.2. The van der Waals surface area contributed by atoms with Crippen LogP contribution >= 0.6 is 23.2 Å². The molecule has 5 rings (SSSR count). The third kappa shape index (κ3) is 5.26. The van der Waals surface area contributed by atoms with Gasteiger partial charge in [0.25, 0.3) is 0 Å². The second-order valence-corrected chi connectivity index (χ2v) is 13.4. The molecule has 40 heavy (non-hydrogen) atoms. The number of phenols is 2. The van der Waals surface area contributed by atoms with Crippen molar-refractivity contribution in [1.29, 1.82) is 0 Å². The number of phenolic OH excluding ortho intramolecular Hbond substituents is 2. The molecule has 0 saturated carbocycles. The molecule has 2 N–H and O–H groups in total. The van der Waals surface area contributed by atoms with Gasteiger partial charge in [0, 0.05) is 6.54 Å². The van der Waals surface area contributed by atoms with E-state index in [4.69, 9.17) is 32.7 Å². The molecule has 1 fully saturated rings. The highest BCUT2D eigenvalue weighted by atomic mass is 35.5. The van der Waals surface area contributed by atoms with Gasteiger partial charge in [-0.3, -0.25) is 4.31 Å². The Kier molecular flexibility index (Phi) is 7.99. The highest BCUT2D eigenvalue weighted by Crippen LogP contribution is 2.53. The fourth-order valence-electron chi connectivity index (χ4n) is 5.45. The largest absolute Gasteiger partial charge is 0.508 e. The minimum Gasteiger partial charge on any atom is -0.508 e. The first-order valence-electron chi connectivity index (χ1n) is 13.0. The van der Waals surface area contributed by atoms with Gasteiger partial charge in [0.15, 0.2) is 0 Å². The van der Waals surface area contributed by atoms with Gasteiger partial charge in [-0.25, -0.2) is 8.42 Å². The van der Waals surface area contributed by atoms with E-state index in [9.17, 15) is 18.6 Å². The van der Waals surface area contributed by atoms with E-state index in [2.05, 4.69) is 13.8 Å². The zero-order valence-electron chi connectivity index (χ0n) is 22.3. The van der Waals surface area contributed by atoms with Gasteiger partial charge in [-0.15, -0.1) is 0 Å².